The first-order chi connectivity index (χ1) is 11.5. The van der Waals surface area contributed by atoms with Crippen LogP contribution in [0.25, 0.3) is 0 Å². The van der Waals surface area contributed by atoms with E-state index in [2.05, 4.69) is 13.8 Å². The Morgan fingerprint density at radius 1 is 1.25 bits per heavy atom. The number of halogens is 1. The summed E-state index contributed by atoms with van der Waals surface area (Å²) in [6.07, 6.45) is 0.587. The van der Waals surface area contributed by atoms with Crippen LogP contribution in [0.4, 0.5) is 0 Å². The van der Waals surface area contributed by atoms with E-state index in [0.717, 1.165) is 29.0 Å². The van der Waals surface area contributed by atoms with E-state index in [1.807, 2.05) is 41.4 Å². The Hall–Kier alpha value is -2.20. The Labute approximate surface area is 146 Å². The SMILES string of the molecule is CC(C)[C@@H]1Oc2ccc(Cl)cc2[C@@H]2CC(c3ccccc3O)=NN21. The maximum atomic E-state index is 10.2. The molecule has 2 aromatic carbocycles. The maximum absolute atomic E-state index is 10.2. The molecule has 2 aromatic rings. The standard InChI is InChI=1S/C19H19ClN2O2/c1-11(2)19-22-16(14-9-12(20)7-8-18(14)24-19)10-15(21-22)13-5-3-4-6-17(13)23/h3-9,11,16,19,23H,10H2,1-2H3/t16-,19-/m0/s1. The van der Waals surface area contributed by atoms with Crippen molar-refractivity contribution in [1.82, 2.24) is 5.01 Å². The van der Waals surface area contributed by atoms with Crippen LogP contribution in [0.5, 0.6) is 11.5 Å². The van der Waals surface area contributed by atoms with Crippen LogP contribution in [0.2, 0.25) is 5.02 Å². The van der Waals surface area contributed by atoms with Gasteiger partial charge in [-0.25, -0.2) is 5.01 Å². The van der Waals surface area contributed by atoms with Gasteiger partial charge in [-0.3, -0.25) is 0 Å². The fourth-order valence-electron chi connectivity index (χ4n) is 3.41. The minimum atomic E-state index is -0.132. The van der Waals surface area contributed by atoms with Crippen LogP contribution in [0, 0.1) is 5.92 Å². The van der Waals surface area contributed by atoms with Gasteiger partial charge in [-0.2, -0.15) is 5.10 Å². The lowest BCUT2D eigenvalue weighted by Crippen LogP contribution is -2.43. The zero-order chi connectivity index (χ0) is 16.8. The molecule has 0 radical (unpaired) electrons. The second kappa shape index (κ2) is 5.71. The zero-order valence-corrected chi connectivity index (χ0v) is 14.4. The molecule has 2 heterocycles. The molecule has 0 aliphatic carbocycles. The lowest BCUT2D eigenvalue weighted by Gasteiger charge is -2.40. The number of para-hydroxylation sites is 1. The fraction of sp³-hybridized carbons (Fsp3) is 0.316. The molecular weight excluding hydrogens is 324 g/mol. The lowest BCUT2D eigenvalue weighted by molar-refractivity contribution is -0.0461. The molecule has 0 saturated carbocycles. The summed E-state index contributed by atoms with van der Waals surface area (Å²) in [6.45, 7) is 4.24. The van der Waals surface area contributed by atoms with E-state index in [0.29, 0.717) is 5.02 Å². The van der Waals surface area contributed by atoms with Crippen molar-refractivity contribution >= 4 is 17.3 Å². The first-order valence-corrected chi connectivity index (χ1v) is 8.52. The van der Waals surface area contributed by atoms with Crippen molar-refractivity contribution in [3.8, 4) is 11.5 Å². The first-order valence-electron chi connectivity index (χ1n) is 8.15. The Balaban J connectivity index is 1.79. The molecule has 0 bridgehead atoms. The second-order valence-corrected chi connectivity index (χ2v) is 7.03. The second-order valence-electron chi connectivity index (χ2n) is 6.60. The summed E-state index contributed by atoms with van der Waals surface area (Å²) in [5.74, 6) is 1.40. The third-order valence-electron chi connectivity index (χ3n) is 4.57. The number of hydrogen-bond acceptors (Lipinski definition) is 4. The summed E-state index contributed by atoms with van der Waals surface area (Å²) in [4.78, 5) is 0. The van der Waals surface area contributed by atoms with E-state index < -0.39 is 0 Å². The highest BCUT2D eigenvalue weighted by molar-refractivity contribution is 6.30. The number of phenols is 1. The number of rotatable bonds is 2. The topological polar surface area (TPSA) is 45.1 Å². The van der Waals surface area contributed by atoms with Crippen LogP contribution >= 0.6 is 11.6 Å². The summed E-state index contributed by atoms with van der Waals surface area (Å²) >= 11 is 6.19. The highest BCUT2D eigenvalue weighted by Crippen LogP contribution is 2.45. The number of benzene rings is 2. The van der Waals surface area contributed by atoms with Gasteiger partial charge in [0.1, 0.15) is 11.5 Å². The number of nitrogens with zero attached hydrogens (tertiary/aromatic N) is 2. The Morgan fingerprint density at radius 3 is 2.79 bits per heavy atom. The van der Waals surface area contributed by atoms with Gasteiger partial charge in [0.25, 0.3) is 0 Å². The van der Waals surface area contributed by atoms with Gasteiger partial charge in [0.05, 0.1) is 11.8 Å². The van der Waals surface area contributed by atoms with E-state index in [-0.39, 0.29) is 23.9 Å². The first kappa shape index (κ1) is 15.3. The van der Waals surface area contributed by atoms with Crippen molar-refractivity contribution in [1.29, 1.82) is 0 Å². The quantitative estimate of drug-likeness (QED) is 0.869. The van der Waals surface area contributed by atoms with E-state index in [9.17, 15) is 5.11 Å². The van der Waals surface area contributed by atoms with Gasteiger partial charge >= 0.3 is 0 Å². The Morgan fingerprint density at radius 2 is 2.04 bits per heavy atom. The summed E-state index contributed by atoms with van der Waals surface area (Å²) in [5, 5.41) is 17.7. The highest BCUT2D eigenvalue weighted by Gasteiger charge is 2.41. The average Bonchev–Trinajstić information content (AvgIpc) is 2.99. The van der Waals surface area contributed by atoms with Gasteiger partial charge in [0.15, 0.2) is 6.23 Å². The minimum Gasteiger partial charge on any atom is -0.507 e. The third kappa shape index (κ3) is 2.42. The van der Waals surface area contributed by atoms with Crippen molar-refractivity contribution in [3.63, 3.8) is 0 Å². The molecule has 0 unspecified atom stereocenters. The molecule has 5 heteroatoms. The number of fused-ring (bicyclic) bond motifs is 3. The molecule has 4 rings (SSSR count). The molecule has 24 heavy (non-hydrogen) atoms. The summed E-state index contributed by atoms with van der Waals surface area (Å²) in [7, 11) is 0. The monoisotopic (exact) mass is 342 g/mol. The van der Waals surface area contributed by atoms with Crippen LogP contribution in [0.3, 0.4) is 0 Å². The lowest BCUT2D eigenvalue weighted by atomic mass is 9.95. The molecule has 0 spiro atoms. The van der Waals surface area contributed by atoms with E-state index >= 15 is 0 Å². The summed E-state index contributed by atoms with van der Waals surface area (Å²) in [5.41, 5.74) is 2.70. The molecule has 4 nitrogen and oxygen atoms in total. The number of ether oxygens (including phenoxy) is 1. The molecule has 124 valence electrons. The summed E-state index contributed by atoms with van der Waals surface area (Å²) in [6, 6.07) is 13.1. The summed E-state index contributed by atoms with van der Waals surface area (Å²) < 4.78 is 6.17. The van der Waals surface area contributed by atoms with Gasteiger partial charge in [0.2, 0.25) is 0 Å². The molecule has 0 aromatic heterocycles. The molecule has 1 N–H and O–H groups in total. The van der Waals surface area contributed by atoms with Crippen molar-refractivity contribution in [2.75, 3.05) is 0 Å². The van der Waals surface area contributed by atoms with E-state index in [4.69, 9.17) is 21.4 Å². The van der Waals surface area contributed by atoms with Crippen molar-refractivity contribution in [3.05, 3.63) is 58.6 Å². The molecule has 0 fully saturated rings. The Bertz CT molecular complexity index is 819. The fourth-order valence-corrected chi connectivity index (χ4v) is 3.59. The van der Waals surface area contributed by atoms with Gasteiger partial charge in [-0.15, -0.1) is 0 Å². The van der Waals surface area contributed by atoms with Gasteiger partial charge in [0, 0.05) is 28.5 Å². The minimum absolute atomic E-state index is 0.0782. The molecule has 0 saturated heterocycles. The highest BCUT2D eigenvalue weighted by atomic mass is 35.5. The van der Waals surface area contributed by atoms with Gasteiger partial charge in [-0.05, 0) is 30.3 Å². The van der Waals surface area contributed by atoms with Crippen LogP contribution in [-0.4, -0.2) is 22.1 Å². The molecule has 0 amide bonds. The van der Waals surface area contributed by atoms with E-state index in [1.54, 1.807) is 6.07 Å². The van der Waals surface area contributed by atoms with Gasteiger partial charge < -0.3 is 9.84 Å². The molecule has 2 aliphatic heterocycles. The smallest absolute Gasteiger partial charge is 0.190 e. The predicted molar refractivity (Wildman–Crippen MR) is 94.5 cm³/mol. The molecule has 2 aliphatic rings. The average molecular weight is 343 g/mol. The maximum Gasteiger partial charge on any atom is 0.190 e. The van der Waals surface area contributed by atoms with Crippen molar-refractivity contribution < 1.29 is 9.84 Å². The molecular formula is C19H19ClN2O2. The van der Waals surface area contributed by atoms with Crippen LogP contribution in [0.1, 0.15) is 37.4 Å². The zero-order valence-electron chi connectivity index (χ0n) is 13.6. The number of hydrazone groups is 1. The third-order valence-corrected chi connectivity index (χ3v) is 4.80. The van der Waals surface area contributed by atoms with Crippen LogP contribution in [-0.2, 0) is 0 Å². The number of hydrogen-bond donors (Lipinski definition) is 1. The van der Waals surface area contributed by atoms with Crippen molar-refractivity contribution in [2.24, 2.45) is 11.0 Å². The van der Waals surface area contributed by atoms with Crippen molar-refractivity contribution in [2.45, 2.75) is 32.5 Å². The van der Waals surface area contributed by atoms with Crippen LogP contribution < -0.4 is 4.74 Å². The number of aromatic hydroxyl groups is 1. The predicted octanol–water partition coefficient (Wildman–Crippen LogP) is 4.57. The Kier molecular flexibility index (Phi) is 3.65. The van der Waals surface area contributed by atoms with Gasteiger partial charge in [-0.1, -0.05) is 37.6 Å². The normalized spacial score (nSPS) is 22.0. The van der Waals surface area contributed by atoms with Crippen LogP contribution in [0.15, 0.2) is 47.6 Å². The molecule has 2 atom stereocenters. The largest absolute Gasteiger partial charge is 0.507 e. The number of phenolic OH excluding ortho intramolecular Hbond substituents is 1. The van der Waals surface area contributed by atoms with E-state index in [1.165, 1.54) is 0 Å².